The Hall–Kier alpha value is -3.28. The molecule has 0 saturated carbocycles. The van der Waals surface area contributed by atoms with Crippen molar-refractivity contribution in [3.63, 3.8) is 0 Å². The molecule has 0 aliphatic carbocycles. The van der Waals surface area contributed by atoms with Gasteiger partial charge in [0.1, 0.15) is 11.6 Å². The Morgan fingerprint density at radius 3 is 2.45 bits per heavy atom. The van der Waals surface area contributed by atoms with Crippen LogP contribution >= 0.6 is 0 Å². The minimum absolute atomic E-state index is 0.570. The lowest BCUT2D eigenvalue weighted by atomic mass is 10.1. The number of nitrogens with zero attached hydrogens (tertiary/aromatic N) is 5. The highest BCUT2D eigenvalue weighted by atomic mass is 16.5. The van der Waals surface area contributed by atoms with Gasteiger partial charge in [-0.2, -0.15) is 5.11 Å². The fourth-order valence-electron chi connectivity index (χ4n) is 2.95. The number of benzene rings is 2. The van der Waals surface area contributed by atoms with Gasteiger partial charge in [0.15, 0.2) is 5.82 Å². The summed E-state index contributed by atoms with van der Waals surface area (Å²) >= 11 is 0. The first kappa shape index (κ1) is 20.5. The molecule has 0 saturated heterocycles. The number of hydrogen-bond acceptors (Lipinski definition) is 6. The topological polar surface area (TPSA) is 63.0 Å². The maximum absolute atomic E-state index is 5.47. The van der Waals surface area contributed by atoms with E-state index in [2.05, 4.69) is 49.4 Å². The zero-order chi connectivity index (χ0) is 20.6. The molecule has 0 spiro atoms. The van der Waals surface area contributed by atoms with E-state index in [9.17, 15) is 0 Å². The lowest BCUT2D eigenvalue weighted by molar-refractivity contribution is 0.416. The second-order valence-corrected chi connectivity index (χ2v) is 6.86. The van der Waals surface area contributed by atoms with Gasteiger partial charge in [-0.25, -0.2) is 9.97 Å². The van der Waals surface area contributed by atoms with Gasteiger partial charge in [0, 0.05) is 37.8 Å². The Labute approximate surface area is 172 Å². The summed E-state index contributed by atoms with van der Waals surface area (Å²) in [5.74, 6) is 2.08. The second kappa shape index (κ2) is 9.78. The number of aromatic nitrogens is 2. The minimum atomic E-state index is 0.570. The van der Waals surface area contributed by atoms with Gasteiger partial charge in [0.2, 0.25) is 0 Å². The van der Waals surface area contributed by atoms with Gasteiger partial charge in [0.25, 0.3) is 0 Å². The molecule has 0 atom stereocenters. The largest absolute Gasteiger partial charge is 0.496 e. The van der Waals surface area contributed by atoms with Crippen LogP contribution in [0, 0.1) is 0 Å². The quantitative estimate of drug-likeness (QED) is 0.502. The van der Waals surface area contributed by atoms with Crippen molar-refractivity contribution < 1.29 is 4.74 Å². The average molecular weight is 390 g/mol. The molecule has 0 fully saturated rings. The Balaban J connectivity index is 1.73. The van der Waals surface area contributed by atoms with Crippen molar-refractivity contribution in [3.05, 3.63) is 66.0 Å². The molecule has 150 valence electrons. The van der Waals surface area contributed by atoms with Crippen LogP contribution in [0.2, 0.25) is 0 Å². The zero-order valence-electron chi connectivity index (χ0n) is 17.5. The molecule has 0 aliphatic heterocycles. The number of azo groups is 1. The van der Waals surface area contributed by atoms with Gasteiger partial charge in [-0.3, -0.25) is 0 Å². The molecule has 29 heavy (non-hydrogen) atoms. The van der Waals surface area contributed by atoms with Crippen molar-refractivity contribution in [2.45, 2.75) is 19.8 Å². The van der Waals surface area contributed by atoms with E-state index >= 15 is 0 Å². The van der Waals surface area contributed by atoms with Crippen molar-refractivity contribution in [1.82, 2.24) is 9.97 Å². The number of para-hydroxylation sites is 1. The first-order valence-electron chi connectivity index (χ1n) is 9.75. The summed E-state index contributed by atoms with van der Waals surface area (Å²) in [7, 11) is 5.73. The van der Waals surface area contributed by atoms with Gasteiger partial charge < -0.3 is 9.64 Å². The van der Waals surface area contributed by atoms with Gasteiger partial charge in [0.05, 0.1) is 19.3 Å². The van der Waals surface area contributed by atoms with E-state index in [0.717, 1.165) is 35.7 Å². The molecule has 1 aromatic heterocycles. The zero-order valence-corrected chi connectivity index (χ0v) is 17.5. The van der Waals surface area contributed by atoms with E-state index in [1.807, 2.05) is 51.4 Å². The predicted molar refractivity (Wildman–Crippen MR) is 117 cm³/mol. The normalized spacial score (nSPS) is 11.0. The molecule has 0 bridgehead atoms. The molecule has 0 aliphatic rings. The Morgan fingerprint density at radius 1 is 1.00 bits per heavy atom. The Bertz CT molecular complexity index is 967. The van der Waals surface area contributed by atoms with Crippen molar-refractivity contribution in [1.29, 1.82) is 0 Å². The van der Waals surface area contributed by atoms with Gasteiger partial charge in [-0.05, 0) is 36.2 Å². The smallest absolute Gasteiger partial charge is 0.177 e. The number of methoxy groups -OCH3 is 1. The minimum Gasteiger partial charge on any atom is -0.496 e. The van der Waals surface area contributed by atoms with Crippen LogP contribution in [-0.4, -0.2) is 37.7 Å². The molecule has 0 N–H and O–H groups in total. The molecule has 0 amide bonds. The molecular weight excluding hydrogens is 362 g/mol. The van der Waals surface area contributed by atoms with Gasteiger partial charge >= 0.3 is 0 Å². The predicted octanol–water partition coefficient (Wildman–Crippen LogP) is 5.11. The number of ether oxygens (including phenoxy) is 1. The van der Waals surface area contributed by atoms with Crippen LogP contribution in [0.1, 0.15) is 18.3 Å². The summed E-state index contributed by atoms with van der Waals surface area (Å²) < 4.78 is 5.47. The molecule has 6 heteroatoms. The number of aryl methyl sites for hydroxylation is 1. The Morgan fingerprint density at radius 2 is 1.76 bits per heavy atom. The first-order valence-corrected chi connectivity index (χ1v) is 9.75. The molecule has 6 nitrogen and oxygen atoms in total. The first-order chi connectivity index (χ1) is 14.1. The van der Waals surface area contributed by atoms with Crippen molar-refractivity contribution in [2.75, 3.05) is 32.6 Å². The van der Waals surface area contributed by atoms with Crippen LogP contribution in [0.4, 0.5) is 11.5 Å². The van der Waals surface area contributed by atoms with Gasteiger partial charge in [-0.15, -0.1) is 5.11 Å². The van der Waals surface area contributed by atoms with E-state index in [1.165, 1.54) is 11.3 Å². The van der Waals surface area contributed by atoms with E-state index in [1.54, 1.807) is 7.11 Å². The molecule has 0 radical (unpaired) electrons. The maximum Gasteiger partial charge on any atom is 0.177 e. The van der Waals surface area contributed by atoms with E-state index in [4.69, 9.17) is 4.74 Å². The molecule has 3 rings (SSSR count). The molecule has 1 heterocycles. The highest BCUT2D eigenvalue weighted by Gasteiger charge is 2.10. The van der Waals surface area contributed by atoms with E-state index in [-0.39, 0.29) is 0 Å². The van der Waals surface area contributed by atoms with Crippen LogP contribution in [0.5, 0.6) is 5.75 Å². The summed E-state index contributed by atoms with van der Waals surface area (Å²) in [6, 6.07) is 18.2. The van der Waals surface area contributed by atoms with Gasteiger partial charge in [-0.1, -0.05) is 31.2 Å². The standard InChI is InChI=1S/C23H27N5O/c1-5-22-25-20(19-8-6-7-9-21(19)29-4)16-23(26-22)27-24-15-14-17-10-12-18(13-11-17)28(2)3/h6-13,16H,5,14-15H2,1-4H3. The molecule has 0 unspecified atom stereocenters. The summed E-state index contributed by atoms with van der Waals surface area (Å²) in [5, 5.41) is 8.68. The van der Waals surface area contributed by atoms with Crippen molar-refractivity contribution in [3.8, 4) is 17.0 Å². The molecule has 3 aromatic rings. The summed E-state index contributed by atoms with van der Waals surface area (Å²) in [5.41, 5.74) is 4.14. The van der Waals surface area contributed by atoms with Crippen LogP contribution in [0.15, 0.2) is 64.8 Å². The SMILES string of the molecule is CCc1nc(N=NCCc2ccc(N(C)C)cc2)cc(-c2ccccc2OC)n1. The third kappa shape index (κ3) is 5.38. The monoisotopic (exact) mass is 389 g/mol. The second-order valence-electron chi connectivity index (χ2n) is 6.86. The molecular formula is C23H27N5O. The fraction of sp³-hybridized carbons (Fsp3) is 0.304. The number of anilines is 1. The summed E-state index contributed by atoms with van der Waals surface area (Å²) in [6.45, 7) is 2.64. The van der Waals surface area contributed by atoms with Crippen LogP contribution in [-0.2, 0) is 12.8 Å². The summed E-state index contributed by atoms with van der Waals surface area (Å²) in [4.78, 5) is 11.2. The third-order valence-electron chi connectivity index (χ3n) is 4.58. The number of hydrogen-bond donors (Lipinski definition) is 0. The van der Waals surface area contributed by atoms with Crippen LogP contribution in [0.3, 0.4) is 0 Å². The number of rotatable bonds is 8. The van der Waals surface area contributed by atoms with Crippen LogP contribution in [0.25, 0.3) is 11.3 Å². The Kier molecular flexibility index (Phi) is 6.89. The molecule has 2 aromatic carbocycles. The highest BCUT2D eigenvalue weighted by Crippen LogP contribution is 2.30. The van der Waals surface area contributed by atoms with E-state index < -0.39 is 0 Å². The lowest BCUT2D eigenvalue weighted by Gasteiger charge is -2.12. The highest BCUT2D eigenvalue weighted by molar-refractivity contribution is 5.68. The summed E-state index contributed by atoms with van der Waals surface area (Å²) in [6.07, 6.45) is 1.56. The van der Waals surface area contributed by atoms with E-state index in [0.29, 0.717) is 12.4 Å². The van der Waals surface area contributed by atoms with Crippen LogP contribution < -0.4 is 9.64 Å². The average Bonchev–Trinajstić information content (AvgIpc) is 2.76. The third-order valence-corrected chi connectivity index (χ3v) is 4.58. The fourth-order valence-corrected chi connectivity index (χ4v) is 2.95. The lowest BCUT2D eigenvalue weighted by Crippen LogP contribution is -2.08. The maximum atomic E-state index is 5.47. The van der Waals surface area contributed by atoms with Crippen molar-refractivity contribution >= 4 is 11.5 Å². The van der Waals surface area contributed by atoms with Crippen molar-refractivity contribution in [2.24, 2.45) is 10.2 Å².